The van der Waals surface area contributed by atoms with E-state index in [0.29, 0.717) is 53.4 Å². The summed E-state index contributed by atoms with van der Waals surface area (Å²) >= 11 is 0. The predicted octanol–water partition coefficient (Wildman–Crippen LogP) is 4.32. The van der Waals surface area contributed by atoms with Crippen LogP contribution in [-0.4, -0.2) is 69.8 Å². The highest BCUT2D eigenvalue weighted by Crippen LogP contribution is 2.40. The summed E-state index contributed by atoms with van der Waals surface area (Å²) in [5, 5.41) is 5.79. The van der Waals surface area contributed by atoms with Crippen molar-refractivity contribution in [1.29, 1.82) is 0 Å². The number of ether oxygens (including phenoxy) is 3. The molecule has 0 unspecified atom stereocenters. The number of hydrogen-bond donors (Lipinski definition) is 3. The minimum atomic E-state index is -3.76. The Hall–Kier alpha value is -4.85. The number of amides is 3. The zero-order valence-electron chi connectivity index (χ0n) is 26.4. The lowest BCUT2D eigenvalue weighted by molar-refractivity contribution is -0.133. The molecule has 3 aromatic rings. The maximum atomic E-state index is 14.6. The quantitative estimate of drug-likeness (QED) is 0.255. The highest BCUT2D eigenvalue weighted by atomic mass is 32.2. The van der Waals surface area contributed by atoms with Gasteiger partial charge in [0.1, 0.15) is 6.04 Å². The van der Waals surface area contributed by atoms with Gasteiger partial charge in [0.15, 0.2) is 21.3 Å². The van der Waals surface area contributed by atoms with Crippen molar-refractivity contribution in [3.63, 3.8) is 0 Å². The van der Waals surface area contributed by atoms with Crippen LogP contribution in [0.1, 0.15) is 60.3 Å². The second-order valence-corrected chi connectivity index (χ2v) is 13.3. The van der Waals surface area contributed by atoms with E-state index in [1.54, 1.807) is 29.2 Å². The second kappa shape index (κ2) is 14.5. The number of pyridine rings is 1. The zero-order valence-corrected chi connectivity index (χ0v) is 27.2. The Labute approximate surface area is 268 Å². The van der Waals surface area contributed by atoms with Crippen LogP contribution >= 0.6 is 0 Å². The van der Waals surface area contributed by atoms with E-state index < -0.39 is 33.9 Å². The van der Waals surface area contributed by atoms with E-state index in [1.165, 1.54) is 51.9 Å². The lowest BCUT2D eigenvalue weighted by Crippen LogP contribution is -2.38. The normalized spacial score (nSPS) is 15.3. The fraction of sp³-hybridized carbons (Fsp3) is 0.375. The zero-order chi connectivity index (χ0) is 33.6. The first kappa shape index (κ1) is 34.0. The van der Waals surface area contributed by atoms with Crippen LogP contribution in [0.3, 0.4) is 0 Å². The molecule has 3 amide bonds. The first-order valence-electron chi connectivity index (χ1n) is 14.6. The van der Waals surface area contributed by atoms with E-state index in [2.05, 4.69) is 15.6 Å². The van der Waals surface area contributed by atoms with E-state index in [1.807, 2.05) is 13.8 Å². The van der Waals surface area contributed by atoms with Gasteiger partial charge >= 0.3 is 6.09 Å². The molecule has 0 saturated carbocycles. The van der Waals surface area contributed by atoms with Crippen molar-refractivity contribution < 1.29 is 37.0 Å². The number of likely N-dealkylation sites (tertiary alicyclic amines) is 1. The average Bonchev–Trinajstić information content (AvgIpc) is 3.52. The summed E-state index contributed by atoms with van der Waals surface area (Å²) in [6.45, 7) is 3.97. The largest absolute Gasteiger partial charge is 0.493 e. The summed E-state index contributed by atoms with van der Waals surface area (Å²) in [5.41, 5.74) is 7.23. The Morgan fingerprint density at radius 1 is 1.00 bits per heavy atom. The SMILES string of the molecule is COC(=O)Nc1ccc(S(=O)(=O)CC(C)C)c([C@H]2CCCN2C(=O)[C@H](Nc2cncc(C(N)=O)c2)c2ccc(OC)c(OC)c2)c1. The molecule has 46 heavy (non-hydrogen) atoms. The highest BCUT2D eigenvalue weighted by molar-refractivity contribution is 7.91. The number of anilines is 2. The fourth-order valence-electron chi connectivity index (χ4n) is 5.53. The van der Waals surface area contributed by atoms with Crippen LogP contribution < -0.4 is 25.8 Å². The molecular formula is C32H39N5O8S. The summed E-state index contributed by atoms with van der Waals surface area (Å²) in [4.78, 5) is 44.3. The molecule has 1 aliphatic heterocycles. The van der Waals surface area contributed by atoms with E-state index in [0.717, 1.165) is 0 Å². The van der Waals surface area contributed by atoms with Crippen molar-refractivity contribution in [1.82, 2.24) is 9.88 Å². The van der Waals surface area contributed by atoms with Gasteiger partial charge in [0.2, 0.25) is 11.8 Å². The van der Waals surface area contributed by atoms with Crippen molar-refractivity contribution in [2.75, 3.05) is 44.3 Å². The van der Waals surface area contributed by atoms with Crippen LogP contribution in [-0.2, 0) is 19.4 Å². The van der Waals surface area contributed by atoms with Crippen LogP contribution in [0.25, 0.3) is 0 Å². The van der Waals surface area contributed by atoms with Crippen molar-refractivity contribution >= 4 is 39.1 Å². The van der Waals surface area contributed by atoms with Crippen molar-refractivity contribution in [3.8, 4) is 11.5 Å². The third-order valence-electron chi connectivity index (χ3n) is 7.55. The minimum absolute atomic E-state index is 0.0929. The Kier molecular flexibility index (Phi) is 10.7. The predicted molar refractivity (Wildman–Crippen MR) is 172 cm³/mol. The Balaban J connectivity index is 1.82. The number of carbonyl (C=O) groups is 3. The van der Waals surface area contributed by atoms with Gasteiger partial charge < -0.3 is 30.2 Å². The highest BCUT2D eigenvalue weighted by Gasteiger charge is 2.38. The third-order valence-corrected chi connectivity index (χ3v) is 9.69. The van der Waals surface area contributed by atoms with E-state index in [-0.39, 0.29) is 28.0 Å². The molecule has 2 aromatic carbocycles. The number of primary amides is 1. The average molecular weight is 654 g/mol. The molecule has 4 rings (SSSR count). The van der Waals surface area contributed by atoms with Crippen LogP contribution in [0.15, 0.2) is 59.8 Å². The summed E-state index contributed by atoms with van der Waals surface area (Å²) in [6.07, 6.45) is 3.16. The smallest absolute Gasteiger partial charge is 0.411 e. The van der Waals surface area contributed by atoms with Gasteiger partial charge in [-0.2, -0.15) is 0 Å². The molecule has 14 heteroatoms. The summed E-state index contributed by atoms with van der Waals surface area (Å²) in [7, 11) is 0.455. The first-order valence-corrected chi connectivity index (χ1v) is 16.3. The van der Waals surface area contributed by atoms with Gasteiger partial charge in [-0.1, -0.05) is 19.9 Å². The number of methoxy groups -OCH3 is 3. The summed E-state index contributed by atoms with van der Waals surface area (Å²) in [6, 6.07) is 9.45. The molecule has 4 N–H and O–H groups in total. The Morgan fingerprint density at radius 2 is 1.74 bits per heavy atom. The fourth-order valence-corrected chi connectivity index (χ4v) is 7.41. The second-order valence-electron chi connectivity index (χ2n) is 11.3. The first-order chi connectivity index (χ1) is 21.9. The van der Waals surface area contributed by atoms with Gasteiger partial charge in [-0.15, -0.1) is 0 Å². The minimum Gasteiger partial charge on any atom is -0.493 e. The molecule has 2 heterocycles. The van der Waals surface area contributed by atoms with Gasteiger partial charge in [0, 0.05) is 18.4 Å². The molecule has 1 aromatic heterocycles. The monoisotopic (exact) mass is 653 g/mol. The van der Waals surface area contributed by atoms with E-state index >= 15 is 0 Å². The number of nitrogens with zero attached hydrogens (tertiary/aromatic N) is 2. The number of nitrogens with one attached hydrogen (secondary N) is 2. The number of aromatic nitrogens is 1. The lowest BCUT2D eigenvalue weighted by atomic mass is 10.0. The number of carbonyl (C=O) groups excluding carboxylic acids is 3. The van der Waals surface area contributed by atoms with Crippen LogP contribution in [0.5, 0.6) is 11.5 Å². The molecule has 13 nitrogen and oxygen atoms in total. The summed E-state index contributed by atoms with van der Waals surface area (Å²) < 4.78 is 42.8. The molecule has 246 valence electrons. The van der Waals surface area contributed by atoms with Crippen LogP contribution in [0.4, 0.5) is 16.2 Å². The maximum absolute atomic E-state index is 14.6. The molecule has 1 fully saturated rings. The van der Waals surface area contributed by atoms with Gasteiger partial charge in [0.25, 0.3) is 0 Å². The van der Waals surface area contributed by atoms with Crippen LogP contribution in [0.2, 0.25) is 0 Å². The van der Waals surface area contributed by atoms with Gasteiger partial charge in [0.05, 0.1) is 55.5 Å². The molecule has 0 bridgehead atoms. The number of rotatable bonds is 12. The molecule has 0 spiro atoms. The Bertz CT molecular complexity index is 1710. The third kappa shape index (κ3) is 7.68. The van der Waals surface area contributed by atoms with Gasteiger partial charge in [-0.25, -0.2) is 13.2 Å². The maximum Gasteiger partial charge on any atom is 0.411 e. The van der Waals surface area contributed by atoms with Crippen molar-refractivity contribution in [2.24, 2.45) is 11.7 Å². The van der Waals surface area contributed by atoms with Gasteiger partial charge in [-0.3, -0.25) is 19.9 Å². The standard InChI is InChI=1S/C32H39N5O8S/c1-19(2)18-46(41,42)28-11-9-22(36-32(40)45-5)15-24(28)25-7-6-12-37(25)31(39)29(20-8-10-26(43-3)27(14-20)44-4)35-23-13-21(30(33)38)16-34-17-23/h8-11,13-17,19,25,29,35H,6-7,12,18H2,1-5H3,(H2,33,38)(H,36,40)/t25-,29-/m1/s1. The van der Waals surface area contributed by atoms with Crippen LogP contribution in [0, 0.1) is 5.92 Å². The number of sulfone groups is 1. The molecule has 1 aliphatic rings. The molecule has 2 atom stereocenters. The molecule has 0 radical (unpaired) electrons. The van der Waals surface area contributed by atoms with Crippen molar-refractivity contribution in [2.45, 2.75) is 43.7 Å². The van der Waals surface area contributed by atoms with Gasteiger partial charge in [-0.05, 0) is 66.3 Å². The molecule has 0 aliphatic carbocycles. The lowest BCUT2D eigenvalue weighted by Gasteiger charge is -2.31. The number of benzene rings is 2. The van der Waals surface area contributed by atoms with Crippen molar-refractivity contribution in [3.05, 3.63) is 71.5 Å². The topological polar surface area (TPSA) is 179 Å². The molecular weight excluding hydrogens is 614 g/mol. The van der Waals surface area contributed by atoms with E-state index in [9.17, 15) is 22.8 Å². The summed E-state index contributed by atoms with van der Waals surface area (Å²) in [5.74, 6) is -0.425. The van der Waals surface area contributed by atoms with E-state index in [4.69, 9.17) is 19.9 Å². The number of hydrogen-bond acceptors (Lipinski definition) is 10. The number of nitrogens with two attached hydrogens (primary N) is 1. The molecule has 1 saturated heterocycles. The Morgan fingerprint density at radius 3 is 2.39 bits per heavy atom.